The van der Waals surface area contributed by atoms with E-state index in [9.17, 15) is 22.8 Å². The van der Waals surface area contributed by atoms with Gasteiger partial charge in [-0.05, 0) is 78.3 Å². The van der Waals surface area contributed by atoms with Gasteiger partial charge in [0, 0.05) is 42.5 Å². The zero-order chi connectivity index (χ0) is 41.8. The summed E-state index contributed by atoms with van der Waals surface area (Å²) < 4.78 is 51.2. The number of likely N-dealkylation sites (tertiary alicyclic amines) is 1. The standard InChI is InChI=1S/C50H42F3N5O3/c51-50(52,53)48(24-25-48)43-31-36(23-28-54-43)44-41-32-40(57-30-27-47(45(57)59)26-29-56(34-47)46(60)61-33-35-13-5-1-6-14-35)21-22-42(41)58(55-44)49(37-15-7-2-8-16-37,38-17-9-3-10-18-38)39-19-11-4-12-20-39/h1-23,28,31-32H,24-27,29-30,33-34H2/t47-/m0/s1. The largest absolute Gasteiger partial charge is 0.445 e. The Labute approximate surface area is 351 Å². The molecular formula is C50H42F3N5O3. The molecule has 3 aliphatic rings. The fraction of sp³-hybridized carbons (Fsp3) is 0.240. The molecule has 2 amide bonds. The van der Waals surface area contributed by atoms with Crippen molar-refractivity contribution in [2.24, 2.45) is 5.41 Å². The van der Waals surface area contributed by atoms with Crippen LogP contribution in [-0.4, -0.2) is 57.5 Å². The highest BCUT2D eigenvalue weighted by Gasteiger charge is 2.65. The Bertz CT molecular complexity index is 2640. The van der Waals surface area contributed by atoms with Crippen LogP contribution in [0.15, 0.2) is 158 Å². The molecule has 5 aromatic carbocycles. The monoisotopic (exact) mass is 817 g/mol. The van der Waals surface area contributed by atoms with Crippen LogP contribution in [0.5, 0.6) is 0 Å². The van der Waals surface area contributed by atoms with Gasteiger partial charge in [0.05, 0.1) is 16.6 Å². The van der Waals surface area contributed by atoms with Gasteiger partial charge in [0.15, 0.2) is 0 Å². The van der Waals surface area contributed by atoms with E-state index in [1.54, 1.807) is 15.9 Å². The highest BCUT2D eigenvalue weighted by molar-refractivity contribution is 6.04. The Morgan fingerprint density at radius 3 is 1.89 bits per heavy atom. The van der Waals surface area contributed by atoms with Crippen molar-refractivity contribution in [1.29, 1.82) is 0 Å². The number of anilines is 1. The van der Waals surface area contributed by atoms with E-state index in [0.717, 1.165) is 27.8 Å². The second kappa shape index (κ2) is 14.8. The normalized spacial score (nSPS) is 18.6. The molecule has 7 aromatic rings. The Balaban J connectivity index is 1.10. The Kier molecular flexibility index (Phi) is 9.30. The number of carbonyl (C=O) groups is 2. The molecule has 2 aliphatic heterocycles. The van der Waals surface area contributed by atoms with Crippen LogP contribution in [0.1, 0.15) is 53.6 Å². The number of hydrogen-bond acceptors (Lipinski definition) is 5. The quantitative estimate of drug-likeness (QED) is 0.136. The van der Waals surface area contributed by atoms with Crippen LogP contribution in [-0.2, 0) is 27.1 Å². The van der Waals surface area contributed by atoms with Crippen molar-refractivity contribution in [3.8, 4) is 11.3 Å². The second-order valence-corrected chi connectivity index (χ2v) is 16.5. The third kappa shape index (κ3) is 6.36. The molecule has 3 fully saturated rings. The molecular weight excluding hydrogens is 776 g/mol. The summed E-state index contributed by atoms with van der Waals surface area (Å²) in [6.45, 7) is 1.26. The van der Waals surface area contributed by atoms with Crippen molar-refractivity contribution in [3.05, 3.63) is 186 Å². The first-order valence-electron chi connectivity index (χ1n) is 20.6. The number of amides is 2. The van der Waals surface area contributed by atoms with Crippen molar-refractivity contribution in [1.82, 2.24) is 19.7 Å². The van der Waals surface area contributed by atoms with E-state index in [1.807, 2.05) is 108 Å². The molecule has 11 heteroatoms. The van der Waals surface area contributed by atoms with Gasteiger partial charge in [-0.25, -0.2) is 9.48 Å². The molecule has 2 saturated heterocycles. The number of aromatic nitrogens is 3. The van der Waals surface area contributed by atoms with Crippen LogP contribution >= 0.6 is 0 Å². The molecule has 0 unspecified atom stereocenters. The fourth-order valence-electron chi connectivity index (χ4n) is 9.58. The Hall–Kier alpha value is -6.75. The van der Waals surface area contributed by atoms with Crippen molar-refractivity contribution in [3.63, 3.8) is 0 Å². The number of halogens is 3. The van der Waals surface area contributed by atoms with Gasteiger partial charge in [0.25, 0.3) is 0 Å². The summed E-state index contributed by atoms with van der Waals surface area (Å²) in [4.78, 5) is 35.4. The van der Waals surface area contributed by atoms with Crippen molar-refractivity contribution >= 4 is 28.6 Å². The minimum Gasteiger partial charge on any atom is -0.445 e. The van der Waals surface area contributed by atoms with Crippen LogP contribution in [0.3, 0.4) is 0 Å². The van der Waals surface area contributed by atoms with Gasteiger partial charge in [0.1, 0.15) is 23.3 Å². The molecule has 0 bridgehead atoms. The number of carbonyl (C=O) groups excluding carboxylic acids is 2. The molecule has 4 heterocycles. The summed E-state index contributed by atoms with van der Waals surface area (Å²) in [5.41, 5.74) is 2.21. The van der Waals surface area contributed by atoms with E-state index in [0.29, 0.717) is 48.3 Å². The van der Waals surface area contributed by atoms with E-state index in [2.05, 4.69) is 41.4 Å². The second-order valence-electron chi connectivity index (χ2n) is 16.5. The zero-order valence-electron chi connectivity index (χ0n) is 33.3. The molecule has 61 heavy (non-hydrogen) atoms. The smallest absolute Gasteiger partial charge is 0.410 e. The number of rotatable bonds is 9. The summed E-state index contributed by atoms with van der Waals surface area (Å²) in [7, 11) is 0. The lowest BCUT2D eigenvalue weighted by Gasteiger charge is -2.37. The van der Waals surface area contributed by atoms with E-state index >= 15 is 0 Å². The molecule has 1 saturated carbocycles. The summed E-state index contributed by atoms with van der Waals surface area (Å²) in [6.07, 6.45) is -2.42. The third-order valence-corrected chi connectivity index (χ3v) is 13.0. The zero-order valence-corrected chi connectivity index (χ0v) is 33.3. The van der Waals surface area contributed by atoms with E-state index in [4.69, 9.17) is 9.84 Å². The van der Waals surface area contributed by atoms with Gasteiger partial charge >= 0.3 is 12.3 Å². The predicted molar refractivity (Wildman–Crippen MR) is 227 cm³/mol. The molecule has 10 rings (SSSR count). The summed E-state index contributed by atoms with van der Waals surface area (Å²) in [5, 5.41) is 6.11. The minimum atomic E-state index is -4.45. The van der Waals surface area contributed by atoms with Crippen molar-refractivity contribution in [2.75, 3.05) is 24.5 Å². The average molecular weight is 818 g/mol. The van der Waals surface area contributed by atoms with Gasteiger partial charge in [-0.3, -0.25) is 9.78 Å². The van der Waals surface area contributed by atoms with Gasteiger partial charge in [-0.15, -0.1) is 0 Å². The average Bonchev–Trinajstić information content (AvgIpc) is 3.76. The maximum absolute atomic E-state index is 14.6. The lowest BCUT2D eigenvalue weighted by atomic mass is 9.77. The predicted octanol–water partition coefficient (Wildman–Crippen LogP) is 10.3. The van der Waals surface area contributed by atoms with Gasteiger partial charge in [-0.1, -0.05) is 121 Å². The number of nitrogens with zero attached hydrogens (tertiary/aromatic N) is 5. The summed E-state index contributed by atoms with van der Waals surface area (Å²) >= 11 is 0. The van der Waals surface area contributed by atoms with Crippen molar-refractivity contribution in [2.45, 2.75) is 49.4 Å². The highest BCUT2D eigenvalue weighted by Crippen LogP contribution is 2.58. The van der Waals surface area contributed by atoms with Crippen LogP contribution in [0.25, 0.3) is 22.2 Å². The minimum absolute atomic E-state index is 0.0214. The van der Waals surface area contributed by atoms with Crippen molar-refractivity contribution < 1.29 is 27.5 Å². The topological polar surface area (TPSA) is 80.6 Å². The van der Waals surface area contributed by atoms with Gasteiger partial charge in [-0.2, -0.15) is 18.3 Å². The lowest BCUT2D eigenvalue weighted by Crippen LogP contribution is -2.39. The maximum Gasteiger partial charge on any atom is 0.410 e. The van der Waals surface area contributed by atoms with Crippen LogP contribution in [0, 0.1) is 5.41 Å². The molecule has 1 spiro atoms. The third-order valence-electron chi connectivity index (χ3n) is 13.0. The van der Waals surface area contributed by atoms with Gasteiger partial charge in [0.2, 0.25) is 5.91 Å². The van der Waals surface area contributed by atoms with E-state index in [1.165, 1.54) is 12.3 Å². The first-order chi connectivity index (χ1) is 29.6. The first-order valence-corrected chi connectivity index (χ1v) is 20.6. The summed E-state index contributed by atoms with van der Waals surface area (Å²) in [5.74, 6) is -0.0709. The SMILES string of the molecule is O=C(OCc1ccccc1)N1CC[C@]2(CCN(c3ccc4c(c3)c(-c3ccnc(C5(C(F)(F)F)CC5)c3)nn4C(c3ccccc3)(c3ccccc3)c3ccccc3)C2=O)C1. The number of hydrogen-bond donors (Lipinski definition) is 0. The van der Waals surface area contributed by atoms with E-state index < -0.39 is 28.6 Å². The maximum atomic E-state index is 14.6. The summed E-state index contributed by atoms with van der Waals surface area (Å²) in [6, 6.07) is 48.8. The van der Waals surface area contributed by atoms with E-state index in [-0.39, 0.29) is 37.6 Å². The number of ether oxygens (including phenoxy) is 1. The molecule has 8 nitrogen and oxygen atoms in total. The lowest BCUT2D eigenvalue weighted by molar-refractivity contribution is -0.161. The molecule has 1 aliphatic carbocycles. The number of benzene rings is 5. The number of fused-ring (bicyclic) bond motifs is 1. The molecule has 2 aromatic heterocycles. The van der Waals surface area contributed by atoms with Crippen LogP contribution in [0.4, 0.5) is 23.7 Å². The number of pyridine rings is 1. The number of alkyl halides is 3. The van der Waals surface area contributed by atoms with Crippen LogP contribution < -0.4 is 4.90 Å². The molecule has 306 valence electrons. The Morgan fingerprint density at radius 1 is 0.705 bits per heavy atom. The fourth-order valence-corrected chi connectivity index (χ4v) is 9.58. The first kappa shape index (κ1) is 38.5. The molecule has 0 N–H and O–H groups in total. The Morgan fingerprint density at radius 2 is 1.30 bits per heavy atom. The molecule has 0 radical (unpaired) electrons. The van der Waals surface area contributed by atoms with Crippen LogP contribution in [0.2, 0.25) is 0 Å². The molecule has 1 atom stereocenters. The highest BCUT2D eigenvalue weighted by atomic mass is 19.4. The van der Waals surface area contributed by atoms with Gasteiger partial charge < -0.3 is 14.5 Å².